The van der Waals surface area contributed by atoms with Crippen LogP contribution < -0.4 is 14.4 Å². The average Bonchev–Trinajstić information content (AvgIpc) is 3.77. The van der Waals surface area contributed by atoms with Gasteiger partial charge in [0.1, 0.15) is 5.60 Å². The van der Waals surface area contributed by atoms with Crippen molar-refractivity contribution in [1.82, 2.24) is 19.8 Å². The first kappa shape index (κ1) is 42.4. The molecule has 3 fully saturated rings. The summed E-state index contributed by atoms with van der Waals surface area (Å²) in [7, 11) is 1.45. The number of ether oxygens (including phenoxy) is 4. The molecule has 3 aliphatic rings. The van der Waals surface area contributed by atoms with E-state index in [-0.39, 0.29) is 90.0 Å². The zero-order valence-electron chi connectivity index (χ0n) is 32.7. The van der Waals surface area contributed by atoms with Gasteiger partial charge in [0.15, 0.2) is 0 Å². The van der Waals surface area contributed by atoms with Gasteiger partial charge in [-0.2, -0.15) is 5.26 Å². The van der Waals surface area contributed by atoms with E-state index < -0.39 is 63.9 Å². The van der Waals surface area contributed by atoms with Gasteiger partial charge in [-0.15, -0.1) is 0 Å². The average molecular weight is 1020 g/mol. The van der Waals surface area contributed by atoms with E-state index in [0.717, 1.165) is 42.8 Å². The Kier molecular flexibility index (Phi) is 13.0. The summed E-state index contributed by atoms with van der Waals surface area (Å²) in [6.45, 7) is 7.89. The normalized spacial score (nSPS) is 17.7. The number of nitrogens with zero attached hydrogens (tertiary/aromatic N) is 6. The Morgan fingerprint density at radius 3 is 2.55 bits per heavy atom. The molecule has 0 unspecified atom stereocenters. The fraction of sp³-hybridized carbons (Fsp3) is 0.463. The number of carbonyl (C=O) groups excluding carboxylic acids is 1. The summed E-state index contributed by atoms with van der Waals surface area (Å²) in [6, 6.07) is 8.51. The van der Waals surface area contributed by atoms with Gasteiger partial charge in [0.05, 0.1) is 24.1 Å². The molecule has 3 aromatic carbocycles. The Hall–Kier alpha value is -3.74. The van der Waals surface area contributed by atoms with E-state index in [0.29, 0.717) is 5.39 Å². The zero-order chi connectivity index (χ0) is 41.2. The molecule has 17 heteroatoms. The van der Waals surface area contributed by atoms with Crippen LogP contribution in [0.5, 0.6) is 11.8 Å². The fourth-order valence-electron chi connectivity index (χ4n) is 8.33. The van der Waals surface area contributed by atoms with Crippen LogP contribution in [0, 0.1) is 38.2 Å². The minimum atomic E-state index is -1.67. The van der Waals surface area contributed by atoms with Crippen molar-refractivity contribution in [2.24, 2.45) is 0 Å². The third-order valence-corrected chi connectivity index (χ3v) is 17.1. The van der Waals surface area contributed by atoms with Gasteiger partial charge in [-0.25, -0.2) is 4.79 Å². The Balaban J connectivity index is 1.40. The van der Waals surface area contributed by atoms with Crippen LogP contribution in [0.25, 0.3) is 32.8 Å². The summed E-state index contributed by atoms with van der Waals surface area (Å²) in [5, 5.41) is 10.5. The monoisotopic (exact) mass is 1020 g/mol. The molecule has 0 aliphatic carbocycles. The number of amides is 1. The Labute approximate surface area is 352 Å². The molecule has 58 heavy (non-hydrogen) atoms. The molecule has 1 aromatic heterocycles. The van der Waals surface area contributed by atoms with E-state index in [1.54, 1.807) is 31.7 Å². The predicted octanol–water partition coefficient (Wildman–Crippen LogP) is 7.53. The van der Waals surface area contributed by atoms with Gasteiger partial charge in [-0.1, -0.05) is 0 Å². The summed E-state index contributed by atoms with van der Waals surface area (Å²) in [5.41, 5.74) is -1.58. The second-order valence-corrected chi connectivity index (χ2v) is 28.3. The molecule has 0 saturated carbocycles. The summed E-state index contributed by atoms with van der Waals surface area (Å²) in [5.74, 6) is 0.773. The number of hydrogen-bond donors (Lipinski definition) is 0. The molecule has 300 valence electrons. The van der Waals surface area contributed by atoms with Crippen LogP contribution >= 0.6 is 4.00 Å². The number of aromatic nitrogens is 2. The van der Waals surface area contributed by atoms with E-state index in [1.807, 2.05) is 0 Å². The third kappa shape index (κ3) is 8.75. The van der Waals surface area contributed by atoms with Gasteiger partial charge in [0, 0.05) is 6.54 Å². The molecule has 1 amide bonds. The van der Waals surface area contributed by atoms with E-state index in [1.165, 1.54) is 36.3 Å². The first-order valence-corrected chi connectivity index (χ1v) is 29.3. The molecule has 0 spiro atoms. The minimum absolute atomic E-state index is 0.00955. The molecule has 11 nitrogen and oxygen atoms in total. The van der Waals surface area contributed by atoms with Gasteiger partial charge in [-0.3, -0.25) is 4.90 Å². The van der Waals surface area contributed by atoms with E-state index in [9.17, 15) is 10.1 Å². The molecule has 3 aliphatic heterocycles. The Bertz CT molecular complexity index is 2420. The van der Waals surface area contributed by atoms with Gasteiger partial charge in [0.2, 0.25) is 0 Å². The number of methoxy groups -OCH3 is 1. The van der Waals surface area contributed by atoms with Crippen LogP contribution in [0.3, 0.4) is 0 Å². The molecule has 3 saturated heterocycles. The summed E-state index contributed by atoms with van der Waals surface area (Å²) in [4.78, 5) is 28.4. The first-order valence-electron chi connectivity index (χ1n) is 19.1. The number of carbonyl (C=O) groups is 1. The van der Waals surface area contributed by atoms with Crippen molar-refractivity contribution in [3.05, 3.63) is 53.3 Å². The van der Waals surface area contributed by atoms with E-state index >= 15 is 13.2 Å². The van der Waals surface area contributed by atoms with Crippen molar-refractivity contribution in [2.75, 3.05) is 58.1 Å². The number of rotatable bonds is 9. The van der Waals surface area contributed by atoms with Crippen LogP contribution in [-0.4, -0.2) is 119 Å². The molecular weight excluding hydrogens is 981 g/mol. The fourth-order valence-corrected chi connectivity index (χ4v) is 11.8. The maximum absolute atomic E-state index is 17.5. The van der Waals surface area contributed by atoms with Crippen molar-refractivity contribution in [1.29, 1.82) is 5.26 Å². The SMILES string of the molecule is COCOc1cc(-c2c(F)cc3c(N4CCN(C(=O)OC(C)(C)C)[C@@H](CC#N)C4)nc(OCC45CCCN4CCC5)nc3c2F)c2c(C#[C][Tl]=[P+]=S)c(F)ccc2c1. The number of hydrogen-bond acceptors (Lipinski definition) is 11. The number of halogens is 3. The van der Waals surface area contributed by atoms with Crippen LogP contribution in [0.15, 0.2) is 30.3 Å². The van der Waals surface area contributed by atoms with Crippen LogP contribution in [0.4, 0.5) is 23.8 Å². The Morgan fingerprint density at radius 2 is 1.84 bits per heavy atom. The second kappa shape index (κ2) is 17.9. The van der Waals surface area contributed by atoms with Crippen molar-refractivity contribution in [3.8, 4) is 38.4 Å². The molecule has 0 bridgehead atoms. The van der Waals surface area contributed by atoms with Crippen molar-refractivity contribution >= 4 is 72.5 Å². The number of piperazine rings is 1. The van der Waals surface area contributed by atoms with Gasteiger partial charge < -0.3 is 9.64 Å². The van der Waals surface area contributed by atoms with Crippen molar-refractivity contribution in [3.63, 3.8) is 0 Å². The molecular formula is C41H42F3N6O5PSTl+. The quantitative estimate of drug-likeness (QED) is 0.0718. The molecule has 7 rings (SSSR count). The third-order valence-electron chi connectivity index (χ3n) is 10.8. The number of nitriles is 1. The van der Waals surface area contributed by atoms with Crippen LogP contribution in [0.1, 0.15) is 58.4 Å². The van der Waals surface area contributed by atoms with Crippen LogP contribution in [-0.2, 0) is 21.3 Å². The van der Waals surface area contributed by atoms with Crippen LogP contribution in [0.2, 0.25) is 0 Å². The standard InChI is InChI=1S/C41H42F3N6O5.PS.Tl/c1-6-28-31(42)10-9-25-19-27(54-24-52-5)20-29(33(25)28)34-32(43)21-30-36(35(34)44)46-38(53-23-41-12-7-15-49(41)16-8-13-41)47-37(30)48-17-18-50(26(22-48)11-14-45)39(51)55-40(2,3)4;1-2;/h9-10,19-21,26H,7-8,11-13,15-18,22-24H2,2-5H3;;/q;-1;+2/t26-;;/m0../s1. The second-order valence-electron chi connectivity index (χ2n) is 15.7. The van der Waals surface area contributed by atoms with Gasteiger partial charge in [0.25, 0.3) is 0 Å². The first-order chi connectivity index (χ1) is 27.9. The molecule has 4 aromatic rings. The zero-order valence-corrected chi connectivity index (χ0v) is 38.9. The topological polar surface area (TPSA) is 113 Å². The number of fused-ring (bicyclic) bond motifs is 3. The summed E-state index contributed by atoms with van der Waals surface area (Å²) in [6.07, 6.45) is 3.41. The predicted molar refractivity (Wildman–Crippen MR) is 219 cm³/mol. The number of benzene rings is 3. The van der Waals surface area contributed by atoms with E-state index in [2.05, 4.69) is 25.4 Å². The number of anilines is 1. The molecule has 0 radical (unpaired) electrons. The molecule has 1 atom stereocenters. The summed E-state index contributed by atoms with van der Waals surface area (Å²) < 4.78 is 76.8. The molecule has 0 N–H and O–H groups in total. The van der Waals surface area contributed by atoms with Crippen molar-refractivity contribution < 1.29 is 36.9 Å². The van der Waals surface area contributed by atoms with Gasteiger partial charge >= 0.3 is 234 Å². The van der Waals surface area contributed by atoms with Crippen molar-refractivity contribution in [2.45, 2.75) is 70.1 Å². The maximum atomic E-state index is 17.5. The summed E-state index contributed by atoms with van der Waals surface area (Å²) >= 11 is 3.44. The molecule has 4 heterocycles. The van der Waals surface area contributed by atoms with Gasteiger partial charge in [-0.05, 0) is 59.5 Å². The van der Waals surface area contributed by atoms with E-state index in [4.69, 9.17) is 35.7 Å². The Morgan fingerprint density at radius 1 is 1.07 bits per heavy atom.